The standard InChI is InChI=1S/C25H25FN4O6/c1-34-24(32)17-9-18(25(33)35-2)12-20(11-17)27-21(31)14-30-8-4-6-16(13-30)23-28-22(29-36-23)15-5-3-7-19(26)10-15/h3,5,7,9-12,16H,4,6,8,13-14H2,1-2H3,(H,27,31). The maximum Gasteiger partial charge on any atom is 0.337 e. The van der Waals surface area contributed by atoms with Crippen LogP contribution in [0.2, 0.25) is 0 Å². The van der Waals surface area contributed by atoms with Gasteiger partial charge in [0.25, 0.3) is 0 Å². The first kappa shape index (κ1) is 25.0. The SMILES string of the molecule is COC(=O)c1cc(NC(=O)CN2CCCC(c3nc(-c4cccc(F)c4)no3)C2)cc(C(=O)OC)c1. The minimum absolute atomic E-state index is 0.0741. The minimum atomic E-state index is -0.646. The van der Waals surface area contributed by atoms with Gasteiger partial charge in [0.2, 0.25) is 17.6 Å². The molecule has 1 fully saturated rings. The summed E-state index contributed by atoms with van der Waals surface area (Å²) in [6, 6.07) is 10.2. The van der Waals surface area contributed by atoms with E-state index in [0.29, 0.717) is 30.4 Å². The normalized spacial score (nSPS) is 15.8. The van der Waals surface area contributed by atoms with Gasteiger partial charge in [-0.15, -0.1) is 0 Å². The maximum absolute atomic E-state index is 13.5. The van der Waals surface area contributed by atoms with Gasteiger partial charge in [0.05, 0.1) is 37.8 Å². The summed E-state index contributed by atoms with van der Waals surface area (Å²) in [5, 5.41) is 6.71. The van der Waals surface area contributed by atoms with Crippen LogP contribution in [0.15, 0.2) is 47.0 Å². The number of anilines is 1. The highest BCUT2D eigenvalue weighted by Crippen LogP contribution is 2.28. The quantitative estimate of drug-likeness (QED) is 0.491. The van der Waals surface area contributed by atoms with Crippen molar-refractivity contribution in [1.29, 1.82) is 0 Å². The van der Waals surface area contributed by atoms with Crippen molar-refractivity contribution in [3.05, 3.63) is 65.3 Å². The van der Waals surface area contributed by atoms with E-state index in [0.717, 1.165) is 12.8 Å². The summed E-state index contributed by atoms with van der Waals surface area (Å²) in [7, 11) is 2.45. The Kier molecular flexibility index (Phi) is 7.69. The Balaban J connectivity index is 1.41. The Morgan fingerprint density at radius 3 is 2.50 bits per heavy atom. The summed E-state index contributed by atoms with van der Waals surface area (Å²) in [5.41, 5.74) is 1.02. The number of nitrogens with one attached hydrogen (secondary N) is 1. The van der Waals surface area contributed by atoms with E-state index in [-0.39, 0.29) is 41.0 Å². The second-order valence-electron chi connectivity index (χ2n) is 8.37. The highest BCUT2D eigenvalue weighted by molar-refractivity contribution is 5.99. The van der Waals surface area contributed by atoms with Crippen LogP contribution in [0.4, 0.5) is 10.1 Å². The van der Waals surface area contributed by atoms with E-state index in [1.165, 1.54) is 44.6 Å². The molecule has 36 heavy (non-hydrogen) atoms. The van der Waals surface area contributed by atoms with Crippen molar-refractivity contribution in [2.75, 3.05) is 39.2 Å². The zero-order valence-corrected chi connectivity index (χ0v) is 19.8. The van der Waals surface area contributed by atoms with Crippen LogP contribution in [-0.2, 0) is 14.3 Å². The fraction of sp³-hybridized carbons (Fsp3) is 0.320. The first-order valence-electron chi connectivity index (χ1n) is 11.3. The molecule has 1 saturated heterocycles. The van der Waals surface area contributed by atoms with Crippen molar-refractivity contribution in [1.82, 2.24) is 15.0 Å². The van der Waals surface area contributed by atoms with E-state index in [2.05, 4.69) is 15.5 Å². The number of hydrogen-bond donors (Lipinski definition) is 1. The number of nitrogens with zero attached hydrogens (tertiary/aromatic N) is 3. The highest BCUT2D eigenvalue weighted by atomic mass is 19.1. The molecule has 1 aliphatic rings. The van der Waals surface area contributed by atoms with Gasteiger partial charge >= 0.3 is 11.9 Å². The molecule has 0 radical (unpaired) electrons. The van der Waals surface area contributed by atoms with Crippen LogP contribution in [0, 0.1) is 5.82 Å². The molecule has 0 saturated carbocycles. The lowest BCUT2D eigenvalue weighted by atomic mass is 9.98. The molecule has 11 heteroatoms. The molecule has 1 N–H and O–H groups in total. The topological polar surface area (TPSA) is 124 Å². The molecule has 10 nitrogen and oxygen atoms in total. The van der Waals surface area contributed by atoms with Crippen LogP contribution in [0.25, 0.3) is 11.4 Å². The molecule has 0 aliphatic carbocycles. The molecule has 2 heterocycles. The number of benzene rings is 2. The van der Waals surface area contributed by atoms with Gasteiger partial charge in [-0.3, -0.25) is 9.69 Å². The Hall–Kier alpha value is -4.12. The molecular weight excluding hydrogens is 471 g/mol. The number of esters is 2. The van der Waals surface area contributed by atoms with Gasteiger partial charge in [-0.2, -0.15) is 4.98 Å². The third kappa shape index (κ3) is 5.92. The summed E-state index contributed by atoms with van der Waals surface area (Å²) in [6.45, 7) is 1.30. The van der Waals surface area contributed by atoms with Crippen LogP contribution in [0.1, 0.15) is 45.4 Å². The Bertz CT molecular complexity index is 1240. The lowest BCUT2D eigenvalue weighted by Gasteiger charge is -2.30. The summed E-state index contributed by atoms with van der Waals surface area (Å²) in [6.07, 6.45) is 1.63. The van der Waals surface area contributed by atoms with Crippen LogP contribution in [-0.4, -0.2) is 66.7 Å². The molecule has 188 valence electrons. The summed E-state index contributed by atoms with van der Waals surface area (Å²) in [4.78, 5) is 43.1. The second-order valence-corrected chi connectivity index (χ2v) is 8.37. The van der Waals surface area contributed by atoms with E-state index < -0.39 is 11.9 Å². The lowest BCUT2D eigenvalue weighted by Crippen LogP contribution is -2.39. The number of carbonyl (C=O) groups excluding carboxylic acids is 3. The van der Waals surface area contributed by atoms with Gasteiger partial charge in [0, 0.05) is 17.8 Å². The number of aromatic nitrogens is 2. The lowest BCUT2D eigenvalue weighted by molar-refractivity contribution is -0.117. The minimum Gasteiger partial charge on any atom is -0.465 e. The highest BCUT2D eigenvalue weighted by Gasteiger charge is 2.27. The number of hydrogen-bond acceptors (Lipinski definition) is 9. The Morgan fingerprint density at radius 2 is 1.83 bits per heavy atom. The third-order valence-electron chi connectivity index (χ3n) is 5.81. The molecule has 4 rings (SSSR count). The predicted octanol–water partition coefficient (Wildman–Crippen LogP) is 3.27. The van der Waals surface area contributed by atoms with Gasteiger partial charge < -0.3 is 19.3 Å². The van der Waals surface area contributed by atoms with Crippen LogP contribution < -0.4 is 5.32 Å². The fourth-order valence-corrected chi connectivity index (χ4v) is 4.12. The molecular formula is C25H25FN4O6. The van der Waals surface area contributed by atoms with Crippen molar-refractivity contribution in [3.63, 3.8) is 0 Å². The van der Waals surface area contributed by atoms with Crippen molar-refractivity contribution in [2.24, 2.45) is 0 Å². The number of halogens is 1. The van der Waals surface area contributed by atoms with E-state index >= 15 is 0 Å². The van der Waals surface area contributed by atoms with Gasteiger partial charge in [-0.25, -0.2) is 14.0 Å². The van der Waals surface area contributed by atoms with Gasteiger partial charge in [0.15, 0.2) is 0 Å². The first-order chi connectivity index (χ1) is 17.4. The predicted molar refractivity (Wildman–Crippen MR) is 126 cm³/mol. The van der Waals surface area contributed by atoms with Crippen LogP contribution in [0.3, 0.4) is 0 Å². The number of piperidine rings is 1. The maximum atomic E-state index is 13.5. The van der Waals surface area contributed by atoms with Crippen molar-refractivity contribution in [3.8, 4) is 11.4 Å². The average molecular weight is 496 g/mol. The fourth-order valence-electron chi connectivity index (χ4n) is 4.12. The molecule has 1 aromatic heterocycles. The van der Waals surface area contributed by atoms with Crippen LogP contribution >= 0.6 is 0 Å². The smallest absolute Gasteiger partial charge is 0.337 e. The summed E-state index contributed by atoms with van der Waals surface area (Å²) >= 11 is 0. The molecule has 1 unspecified atom stereocenters. The molecule has 1 aliphatic heterocycles. The Labute approximate surface area is 206 Å². The van der Waals surface area contributed by atoms with Gasteiger partial charge in [0.1, 0.15) is 5.82 Å². The zero-order chi connectivity index (χ0) is 25.7. The molecule has 3 aromatic rings. The third-order valence-corrected chi connectivity index (χ3v) is 5.81. The van der Waals surface area contributed by atoms with Crippen molar-refractivity contribution in [2.45, 2.75) is 18.8 Å². The van der Waals surface area contributed by atoms with E-state index in [1.807, 2.05) is 4.90 Å². The van der Waals surface area contributed by atoms with Gasteiger partial charge in [-0.1, -0.05) is 17.3 Å². The van der Waals surface area contributed by atoms with Crippen LogP contribution in [0.5, 0.6) is 0 Å². The van der Waals surface area contributed by atoms with E-state index in [1.54, 1.807) is 12.1 Å². The van der Waals surface area contributed by atoms with Crippen molar-refractivity contribution < 1.29 is 32.8 Å². The summed E-state index contributed by atoms with van der Waals surface area (Å²) < 4.78 is 28.4. The zero-order valence-electron chi connectivity index (χ0n) is 19.8. The number of methoxy groups -OCH3 is 2. The van der Waals surface area contributed by atoms with Gasteiger partial charge in [-0.05, 0) is 49.7 Å². The van der Waals surface area contributed by atoms with Crippen molar-refractivity contribution >= 4 is 23.5 Å². The molecule has 1 atom stereocenters. The molecule has 0 bridgehead atoms. The molecule has 2 aromatic carbocycles. The number of likely N-dealkylation sites (tertiary alicyclic amines) is 1. The Morgan fingerprint density at radius 1 is 1.11 bits per heavy atom. The number of rotatable bonds is 7. The van der Waals surface area contributed by atoms with E-state index in [4.69, 9.17) is 14.0 Å². The largest absolute Gasteiger partial charge is 0.465 e. The van der Waals surface area contributed by atoms with E-state index in [9.17, 15) is 18.8 Å². The number of carbonyl (C=O) groups is 3. The average Bonchev–Trinajstić information content (AvgIpc) is 3.38. The molecule has 1 amide bonds. The number of ether oxygens (including phenoxy) is 2. The first-order valence-corrected chi connectivity index (χ1v) is 11.3. The monoisotopic (exact) mass is 496 g/mol. The molecule has 0 spiro atoms. The summed E-state index contributed by atoms with van der Waals surface area (Å²) in [5.74, 6) is -1.32. The number of amides is 1. The second kappa shape index (κ2) is 11.1.